The highest BCUT2D eigenvalue weighted by molar-refractivity contribution is 7.89. The maximum Gasteiger partial charge on any atom is 0.254 e. The van der Waals surface area contributed by atoms with Gasteiger partial charge < -0.3 is 4.90 Å². The molecule has 0 saturated heterocycles. The fourth-order valence-corrected chi connectivity index (χ4v) is 4.90. The average Bonchev–Trinajstić information content (AvgIpc) is 2.48. The molecule has 6 heteroatoms. The molecule has 0 aliphatic heterocycles. The molecule has 0 heterocycles. The Morgan fingerprint density at radius 1 is 1.32 bits per heavy atom. The van der Waals surface area contributed by atoms with Crippen LogP contribution in [0.4, 0.5) is 0 Å². The maximum absolute atomic E-state index is 12.7. The molecule has 1 aliphatic carbocycles. The molecule has 0 radical (unpaired) electrons. The first kappa shape index (κ1) is 17.0. The third-order valence-electron chi connectivity index (χ3n) is 4.94. The lowest BCUT2D eigenvalue weighted by atomic mass is 9.76. The second kappa shape index (κ2) is 6.01. The van der Waals surface area contributed by atoms with E-state index in [1.165, 1.54) is 0 Å². The molecule has 0 bridgehead atoms. The van der Waals surface area contributed by atoms with Gasteiger partial charge in [0.1, 0.15) is 0 Å². The second-order valence-electron chi connectivity index (χ2n) is 6.54. The Bertz CT molecular complexity index is 645. The van der Waals surface area contributed by atoms with Crippen molar-refractivity contribution in [2.75, 3.05) is 7.05 Å². The Hall–Kier alpha value is -1.40. The lowest BCUT2D eigenvalue weighted by Gasteiger charge is -2.48. The molecule has 1 fully saturated rings. The highest BCUT2D eigenvalue weighted by atomic mass is 32.2. The van der Waals surface area contributed by atoms with E-state index < -0.39 is 20.8 Å². The highest BCUT2D eigenvalue weighted by Gasteiger charge is 2.49. The van der Waals surface area contributed by atoms with Crippen LogP contribution in [-0.4, -0.2) is 37.1 Å². The predicted molar refractivity (Wildman–Crippen MR) is 86.9 cm³/mol. The molecule has 1 amide bonds. The predicted octanol–water partition coefficient (Wildman–Crippen LogP) is 1.99. The Labute approximate surface area is 132 Å². The van der Waals surface area contributed by atoms with E-state index in [0.29, 0.717) is 18.4 Å². The molecule has 122 valence electrons. The third-order valence-corrected chi connectivity index (χ3v) is 6.43. The zero-order chi connectivity index (χ0) is 16.5. The molecule has 1 aromatic rings. The summed E-state index contributed by atoms with van der Waals surface area (Å²) < 4.78 is 24.1. The fraction of sp³-hybridized carbons (Fsp3) is 0.562. The van der Waals surface area contributed by atoms with Crippen LogP contribution in [-0.2, 0) is 10.0 Å². The van der Waals surface area contributed by atoms with E-state index in [0.717, 1.165) is 6.42 Å². The molecule has 0 spiro atoms. The summed E-state index contributed by atoms with van der Waals surface area (Å²) in [6, 6.07) is 8.90. The Balaban J connectivity index is 2.36. The van der Waals surface area contributed by atoms with Crippen LogP contribution in [0.15, 0.2) is 30.3 Å². The molecule has 22 heavy (non-hydrogen) atoms. The Morgan fingerprint density at radius 2 is 1.91 bits per heavy atom. The number of nitrogens with two attached hydrogens (primary N) is 1. The van der Waals surface area contributed by atoms with Gasteiger partial charge in [-0.25, -0.2) is 13.6 Å². The number of hydrogen-bond acceptors (Lipinski definition) is 3. The molecule has 2 N–H and O–H groups in total. The molecule has 0 aromatic heterocycles. The quantitative estimate of drug-likeness (QED) is 0.923. The summed E-state index contributed by atoms with van der Waals surface area (Å²) in [5.41, 5.74) is -0.231. The first-order valence-electron chi connectivity index (χ1n) is 7.51. The average molecular weight is 324 g/mol. The Kier molecular flexibility index (Phi) is 4.63. The minimum Gasteiger partial charge on any atom is -0.335 e. The van der Waals surface area contributed by atoms with Crippen molar-refractivity contribution >= 4 is 15.9 Å². The van der Waals surface area contributed by atoms with Crippen molar-refractivity contribution in [3.8, 4) is 0 Å². The summed E-state index contributed by atoms with van der Waals surface area (Å²) in [6.45, 7) is 3.85. The third kappa shape index (κ3) is 3.17. The molecular weight excluding hydrogens is 300 g/mol. The van der Waals surface area contributed by atoms with E-state index in [9.17, 15) is 13.2 Å². The minimum absolute atomic E-state index is 0.175. The van der Waals surface area contributed by atoms with Crippen molar-refractivity contribution in [1.29, 1.82) is 0 Å². The first-order valence-corrected chi connectivity index (χ1v) is 9.12. The largest absolute Gasteiger partial charge is 0.335 e. The molecule has 3 atom stereocenters. The van der Waals surface area contributed by atoms with Crippen molar-refractivity contribution in [2.24, 2.45) is 11.1 Å². The van der Waals surface area contributed by atoms with Gasteiger partial charge in [0.2, 0.25) is 10.0 Å². The lowest BCUT2D eigenvalue weighted by molar-refractivity contribution is 0.0470. The van der Waals surface area contributed by atoms with Crippen molar-refractivity contribution in [2.45, 2.75) is 43.9 Å². The van der Waals surface area contributed by atoms with Gasteiger partial charge in [-0.3, -0.25) is 4.79 Å². The molecule has 3 unspecified atom stereocenters. The van der Waals surface area contributed by atoms with Crippen molar-refractivity contribution in [3.63, 3.8) is 0 Å². The van der Waals surface area contributed by atoms with Crippen LogP contribution < -0.4 is 5.14 Å². The SMILES string of the molecule is CC1CCC(C)(N(C)C(=O)c2ccccc2)C(S(N)(=O)=O)C1. The van der Waals surface area contributed by atoms with Gasteiger partial charge in [-0.05, 0) is 44.2 Å². The maximum atomic E-state index is 12.7. The van der Waals surface area contributed by atoms with E-state index in [1.807, 2.05) is 19.9 Å². The number of carbonyl (C=O) groups is 1. The van der Waals surface area contributed by atoms with Crippen molar-refractivity contribution < 1.29 is 13.2 Å². The summed E-state index contributed by atoms with van der Waals surface area (Å²) >= 11 is 0. The van der Waals surface area contributed by atoms with Crippen LogP contribution in [0, 0.1) is 5.92 Å². The van der Waals surface area contributed by atoms with Crippen LogP contribution in [0.1, 0.15) is 43.5 Å². The van der Waals surface area contributed by atoms with E-state index in [2.05, 4.69) is 0 Å². The molecule has 5 nitrogen and oxygen atoms in total. The fourth-order valence-electron chi connectivity index (χ4n) is 3.31. The van der Waals surface area contributed by atoms with Crippen LogP contribution in [0.5, 0.6) is 0 Å². The first-order chi connectivity index (χ1) is 10.2. The molecule has 1 aliphatic rings. The van der Waals surface area contributed by atoms with Crippen LogP contribution in [0.2, 0.25) is 0 Å². The number of carbonyl (C=O) groups excluding carboxylic acids is 1. The second-order valence-corrected chi connectivity index (χ2v) is 8.29. The summed E-state index contributed by atoms with van der Waals surface area (Å²) in [5, 5.41) is 4.72. The van der Waals surface area contributed by atoms with Gasteiger partial charge >= 0.3 is 0 Å². The monoisotopic (exact) mass is 324 g/mol. The highest BCUT2D eigenvalue weighted by Crippen LogP contribution is 2.39. The van der Waals surface area contributed by atoms with Crippen molar-refractivity contribution in [1.82, 2.24) is 4.90 Å². The van der Waals surface area contributed by atoms with Crippen LogP contribution in [0.3, 0.4) is 0 Å². The van der Waals surface area contributed by atoms with E-state index >= 15 is 0 Å². The van der Waals surface area contributed by atoms with Crippen LogP contribution >= 0.6 is 0 Å². The number of nitrogens with zero attached hydrogens (tertiary/aromatic N) is 1. The summed E-state index contributed by atoms with van der Waals surface area (Å²) in [6.07, 6.45) is 2.00. The topological polar surface area (TPSA) is 80.5 Å². The van der Waals surface area contributed by atoms with Gasteiger partial charge in [0.15, 0.2) is 0 Å². The number of amides is 1. The molecular formula is C16H24N2O3S. The van der Waals surface area contributed by atoms with Gasteiger partial charge in [-0.2, -0.15) is 0 Å². The van der Waals surface area contributed by atoms with Gasteiger partial charge in [0.05, 0.1) is 10.8 Å². The number of hydrogen-bond donors (Lipinski definition) is 1. The van der Waals surface area contributed by atoms with E-state index in [-0.39, 0.29) is 11.8 Å². The normalized spacial score (nSPS) is 29.1. The standard InChI is InChI=1S/C16H24N2O3S/c1-12-9-10-16(2,14(11-12)22(17,20)21)18(3)15(19)13-7-5-4-6-8-13/h4-8,12,14H,9-11H2,1-3H3,(H2,17,20,21). The van der Waals surface area contributed by atoms with Gasteiger partial charge in [-0.15, -0.1) is 0 Å². The van der Waals surface area contributed by atoms with Gasteiger partial charge in [-0.1, -0.05) is 25.1 Å². The Morgan fingerprint density at radius 3 is 2.45 bits per heavy atom. The molecule has 2 rings (SSSR count). The van der Waals surface area contributed by atoms with E-state index in [4.69, 9.17) is 5.14 Å². The molecule has 1 aromatic carbocycles. The molecule has 1 saturated carbocycles. The van der Waals surface area contributed by atoms with Crippen molar-refractivity contribution in [3.05, 3.63) is 35.9 Å². The summed E-state index contributed by atoms with van der Waals surface area (Å²) in [5.74, 6) is 0.114. The number of primary sulfonamides is 1. The zero-order valence-electron chi connectivity index (χ0n) is 13.3. The number of sulfonamides is 1. The zero-order valence-corrected chi connectivity index (χ0v) is 14.1. The number of rotatable bonds is 3. The van der Waals surface area contributed by atoms with Gasteiger partial charge in [0.25, 0.3) is 5.91 Å². The minimum atomic E-state index is -3.72. The van der Waals surface area contributed by atoms with E-state index in [1.54, 1.807) is 36.2 Å². The van der Waals surface area contributed by atoms with Crippen LogP contribution in [0.25, 0.3) is 0 Å². The summed E-state index contributed by atoms with van der Waals surface area (Å²) in [4.78, 5) is 14.3. The number of benzene rings is 1. The smallest absolute Gasteiger partial charge is 0.254 e. The van der Waals surface area contributed by atoms with Gasteiger partial charge in [0, 0.05) is 12.6 Å². The summed E-state index contributed by atoms with van der Waals surface area (Å²) in [7, 11) is -2.05. The lowest BCUT2D eigenvalue weighted by Crippen LogP contribution is -2.61.